The summed E-state index contributed by atoms with van der Waals surface area (Å²) in [4.78, 5) is 10.8. The van der Waals surface area contributed by atoms with Crippen molar-refractivity contribution in [1.29, 1.82) is 0 Å². The Bertz CT molecular complexity index is 300. The third-order valence-electron chi connectivity index (χ3n) is 4.44. The minimum absolute atomic E-state index is 0.193. The van der Waals surface area contributed by atoms with Gasteiger partial charge in [-0.1, -0.05) is 40.5 Å². The highest BCUT2D eigenvalue weighted by Gasteiger charge is 2.16. The first kappa shape index (κ1) is 23.5. The van der Waals surface area contributed by atoms with Crippen molar-refractivity contribution >= 4 is 6.29 Å². The molecule has 4 heteroatoms. The maximum absolute atomic E-state index is 10.8. The number of aliphatic hydroxyl groups excluding tert-OH is 1. The van der Waals surface area contributed by atoms with Crippen molar-refractivity contribution < 1.29 is 19.4 Å². The largest absolute Gasteiger partial charge is 0.396 e. The van der Waals surface area contributed by atoms with E-state index in [9.17, 15) is 4.79 Å². The monoisotopic (exact) mass is 344 g/mol. The van der Waals surface area contributed by atoms with Gasteiger partial charge in [0.2, 0.25) is 0 Å². The van der Waals surface area contributed by atoms with Gasteiger partial charge in [0, 0.05) is 38.4 Å². The Labute approximate surface area is 149 Å². The smallest absolute Gasteiger partial charge is 0.125 e. The average molecular weight is 345 g/mol. The third kappa shape index (κ3) is 15.1. The van der Waals surface area contributed by atoms with Crippen LogP contribution in [-0.2, 0) is 14.3 Å². The van der Waals surface area contributed by atoms with Crippen LogP contribution in [-0.4, -0.2) is 44.4 Å². The normalized spacial score (nSPS) is 12.5. The number of aliphatic hydroxyl groups is 1. The number of unbranched alkanes of at least 4 members (excludes halogenated alkanes) is 2. The molecule has 0 aromatic carbocycles. The van der Waals surface area contributed by atoms with Gasteiger partial charge < -0.3 is 19.4 Å². The lowest BCUT2D eigenvalue weighted by molar-refractivity contribution is -0.115. The molecule has 0 aromatic rings. The number of aldehydes is 1. The summed E-state index contributed by atoms with van der Waals surface area (Å²) in [7, 11) is 0. The second-order valence-electron chi connectivity index (χ2n) is 8.24. The van der Waals surface area contributed by atoms with E-state index in [1.807, 2.05) is 13.8 Å². The second kappa shape index (κ2) is 13.8. The van der Waals surface area contributed by atoms with Gasteiger partial charge in [-0.05, 0) is 43.9 Å². The zero-order chi connectivity index (χ0) is 18.3. The highest BCUT2D eigenvalue weighted by atomic mass is 16.5. The molecule has 0 aliphatic rings. The van der Waals surface area contributed by atoms with E-state index in [0.717, 1.165) is 84.1 Å². The van der Waals surface area contributed by atoms with Crippen LogP contribution in [0.4, 0.5) is 0 Å². The maximum atomic E-state index is 10.8. The average Bonchev–Trinajstić information content (AvgIpc) is 2.51. The minimum atomic E-state index is -0.193. The van der Waals surface area contributed by atoms with E-state index in [2.05, 4.69) is 13.8 Å². The first-order valence-corrected chi connectivity index (χ1v) is 9.56. The summed E-state index contributed by atoms with van der Waals surface area (Å²) < 4.78 is 11.2. The Morgan fingerprint density at radius 1 is 0.750 bits per heavy atom. The first-order valence-electron chi connectivity index (χ1n) is 9.56. The van der Waals surface area contributed by atoms with Gasteiger partial charge in [-0.25, -0.2) is 0 Å². The van der Waals surface area contributed by atoms with Gasteiger partial charge in [-0.15, -0.1) is 0 Å². The van der Waals surface area contributed by atoms with E-state index in [1.54, 1.807) is 0 Å². The van der Waals surface area contributed by atoms with E-state index in [0.29, 0.717) is 0 Å². The van der Waals surface area contributed by atoms with Crippen molar-refractivity contribution in [2.45, 2.75) is 79.1 Å². The number of ether oxygens (including phenoxy) is 2. The van der Waals surface area contributed by atoms with E-state index in [1.165, 1.54) is 0 Å². The Hall–Kier alpha value is -0.450. The Kier molecular flexibility index (Phi) is 13.5. The summed E-state index contributed by atoms with van der Waals surface area (Å²) in [6, 6.07) is 0. The van der Waals surface area contributed by atoms with Crippen molar-refractivity contribution in [3.63, 3.8) is 0 Å². The third-order valence-corrected chi connectivity index (χ3v) is 4.44. The number of rotatable bonds is 17. The molecule has 0 fully saturated rings. The van der Waals surface area contributed by atoms with Crippen LogP contribution >= 0.6 is 0 Å². The molecule has 1 N–H and O–H groups in total. The second-order valence-corrected chi connectivity index (χ2v) is 8.24. The number of carbonyl (C=O) groups is 1. The highest BCUT2D eigenvalue weighted by molar-refractivity contribution is 5.57. The van der Waals surface area contributed by atoms with E-state index in [4.69, 9.17) is 14.6 Å². The van der Waals surface area contributed by atoms with Crippen LogP contribution in [0.2, 0.25) is 0 Å². The van der Waals surface area contributed by atoms with Gasteiger partial charge in [0.25, 0.3) is 0 Å². The topological polar surface area (TPSA) is 55.8 Å². The van der Waals surface area contributed by atoms with Crippen molar-refractivity contribution in [1.82, 2.24) is 0 Å². The molecule has 0 bridgehead atoms. The van der Waals surface area contributed by atoms with E-state index in [-0.39, 0.29) is 17.4 Å². The lowest BCUT2D eigenvalue weighted by atomic mass is 9.84. The summed E-state index contributed by atoms with van der Waals surface area (Å²) in [5.41, 5.74) is 0.0463. The molecule has 0 radical (unpaired) electrons. The molecule has 0 aliphatic heterocycles. The van der Waals surface area contributed by atoms with Gasteiger partial charge in [-0.2, -0.15) is 0 Å². The molecule has 144 valence electrons. The molecule has 0 unspecified atom stereocenters. The van der Waals surface area contributed by atoms with Crippen LogP contribution in [0.25, 0.3) is 0 Å². The number of hydrogen-bond acceptors (Lipinski definition) is 4. The van der Waals surface area contributed by atoms with E-state index >= 15 is 0 Å². The predicted octanol–water partition coefficient (Wildman–Crippen LogP) is 4.38. The van der Waals surface area contributed by atoms with Gasteiger partial charge in [0.15, 0.2) is 0 Å². The molecular weight excluding hydrogens is 304 g/mol. The fourth-order valence-electron chi connectivity index (χ4n) is 2.55. The minimum Gasteiger partial charge on any atom is -0.396 e. The summed E-state index contributed by atoms with van der Waals surface area (Å²) in [6.45, 7) is 11.8. The fraction of sp³-hybridized carbons (Fsp3) is 0.950. The Morgan fingerprint density at radius 2 is 1.25 bits per heavy atom. The van der Waals surface area contributed by atoms with Crippen LogP contribution in [0.3, 0.4) is 0 Å². The summed E-state index contributed by atoms with van der Waals surface area (Å²) in [6.07, 6.45) is 9.21. The standard InChI is InChI=1S/C20H40O4/c1-19(2,12-13-21)10-5-7-14-23-16-9-17-24-15-8-6-11-20(3,4)18-22/h18,21H,5-17H2,1-4H3. The molecule has 0 rings (SSSR count). The molecule has 24 heavy (non-hydrogen) atoms. The molecule has 0 heterocycles. The molecule has 0 atom stereocenters. The Balaban J connectivity index is 3.25. The quantitative estimate of drug-likeness (QED) is 0.314. The summed E-state index contributed by atoms with van der Waals surface area (Å²) in [5, 5.41) is 8.99. The lowest BCUT2D eigenvalue weighted by Gasteiger charge is -2.23. The van der Waals surface area contributed by atoms with Gasteiger partial charge in [-0.3, -0.25) is 0 Å². The summed E-state index contributed by atoms with van der Waals surface area (Å²) >= 11 is 0. The zero-order valence-corrected chi connectivity index (χ0v) is 16.4. The van der Waals surface area contributed by atoms with Crippen LogP contribution in [0, 0.1) is 10.8 Å². The first-order chi connectivity index (χ1) is 11.3. The molecule has 0 spiro atoms. The molecule has 0 saturated heterocycles. The van der Waals surface area contributed by atoms with Crippen LogP contribution in [0.15, 0.2) is 0 Å². The van der Waals surface area contributed by atoms with Crippen molar-refractivity contribution in [3.8, 4) is 0 Å². The Morgan fingerprint density at radius 3 is 1.75 bits per heavy atom. The van der Waals surface area contributed by atoms with Crippen LogP contribution < -0.4 is 0 Å². The predicted molar refractivity (Wildman–Crippen MR) is 99.3 cm³/mol. The molecule has 0 saturated carbocycles. The number of carbonyl (C=O) groups excluding carboxylic acids is 1. The van der Waals surface area contributed by atoms with Gasteiger partial charge >= 0.3 is 0 Å². The molecule has 0 aliphatic carbocycles. The molecule has 0 aromatic heterocycles. The number of hydrogen-bond donors (Lipinski definition) is 1. The van der Waals surface area contributed by atoms with Crippen molar-refractivity contribution in [2.24, 2.45) is 10.8 Å². The molecule has 4 nitrogen and oxygen atoms in total. The lowest BCUT2D eigenvalue weighted by Crippen LogP contribution is -2.13. The summed E-state index contributed by atoms with van der Waals surface area (Å²) in [5.74, 6) is 0. The van der Waals surface area contributed by atoms with Crippen LogP contribution in [0.1, 0.15) is 79.1 Å². The highest BCUT2D eigenvalue weighted by Crippen LogP contribution is 2.26. The molecule has 0 amide bonds. The van der Waals surface area contributed by atoms with Crippen LogP contribution in [0.5, 0.6) is 0 Å². The SMILES string of the molecule is CC(C)(C=O)CCCCOCCCOCCCCC(C)(C)CCO. The van der Waals surface area contributed by atoms with Crippen molar-refractivity contribution in [2.75, 3.05) is 33.0 Å². The molecular formula is C20H40O4. The van der Waals surface area contributed by atoms with Gasteiger partial charge in [0.05, 0.1) is 0 Å². The van der Waals surface area contributed by atoms with Crippen molar-refractivity contribution in [3.05, 3.63) is 0 Å². The zero-order valence-electron chi connectivity index (χ0n) is 16.4. The maximum Gasteiger partial charge on any atom is 0.125 e. The van der Waals surface area contributed by atoms with E-state index < -0.39 is 0 Å². The fourth-order valence-corrected chi connectivity index (χ4v) is 2.55. The van der Waals surface area contributed by atoms with Gasteiger partial charge in [0.1, 0.15) is 6.29 Å².